The summed E-state index contributed by atoms with van der Waals surface area (Å²) in [5.74, 6) is -0.118. The third-order valence-electron chi connectivity index (χ3n) is 7.25. The number of allylic oxidation sites excluding steroid dienone is 1. The molecule has 0 spiro atoms. The Hall–Kier alpha value is -3.07. The second-order valence-electron chi connectivity index (χ2n) is 10.1. The number of carbonyl (C=O) groups excluding carboxylic acids is 2. The van der Waals surface area contributed by atoms with Gasteiger partial charge < -0.3 is 20.0 Å². The summed E-state index contributed by atoms with van der Waals surface area (Å²) in [6.07, 6.45) is 0.255. The molecule has 198 valence electrons. The highest BCUT2D eigenvalue weighted by Gasteiger charge is 2.41. The second-order valence-corrected chi connectivity index (χ2v) is 11.4. The Morgan fingerprint density at radius 1 is 1.05 bits per heavy atom. The van der Waals surface area contributed by atoms with Crippen molar-refractivity contribution in [3.05, 3.63) is 86.6 Å². The molecule has 0 saturated carbocycles. The van der Waals surface area contributed by atoms with Gasteiger partial charge in [-0.1, -0.05) is 53.2 Å². The molecule has 5 rings (SSSR count). The number of thioether (sulfide) groups is 1. The first-order valence-electron chi connectivity index (χ1n) is 12.8. The molecular formula is C29H32ClN5O2S. The van der Waals surface area contributed by atoms with Crippen molar-refractivity contribution in [1.82, 2.24) is 14.7 Å². The van der Waals surface area contributed by atoms with E-state index in [0.717, 1.165) is 59.4 Å². The fourth-order valence-corrected chi connectivity index (χ4v) is 6.18. The van der Waals surface area contributed by atoms with Crippen molar-refractivity contribution in [2.75, 3.05) is 38.5 Å². The number of aryl methyl sites for hydroxylation is 2. The SMILES string of the molecule is CC1=C(C(=O)Nc2ccc(C)cc2C)C(c2ccc(Cl)cc2)N2C(CC(=O)N3CCN(C)CC3)=CSC2=N1. The van der Waals surface area contributed by atoms with Gasteiger partial charge in [0.1, 0.15) is 0 Å². The van der Waals surface area contributed by atoms with Gasteiger partial charge >= 0.3 is 0 Å². The molecule has 9 heteroatoms. The van der Waals surface area contributed by atoms with Crippen LogP contribution in [0.25, 0.3) is 0 Å². The van der Waals surface area contributed by atoms with Crippen LogP contribution in [0.5, 0.6) is 0 Å². The van der Waals surface area contributed by atoms with Gasteiger partial charge in [0, 0.05) is 42.6 Å². The van der Waals surface area contributed by atoms with E-state index in [1.165, 1.54) is 11.8 Å². The molecule has 7 nitrogen and oxygen atoms in total. The number of amides is 2. The van der Waals surface area contributed by atoms with E-state index in [2.05, 4.69) is 17.3 Å². The number of likely N-dealkylation sites (N-methyl/N-ethyl adjacent to an activating group) is 1. The number of hydrogen-bond donors (Lipinski definition) is 1. The number of aliphatic imine (C=N–C) groups is 1. The van der Waals surface area contributed by atoms with Crippen LogP contribution >= 0.6 is 23.4 Å². The van der Waals surface area contributed by atoms with Crippen molar-refractivity contribution in [2.45, 2.75) is 33.2 Å². The standard InChI is InChI=1S/C29H32ClN5O2S/c1-18-5-10-24(19(2)15-18)32-28(37)26-20(3)31-29-35(27(26)21-6-8-22(30)9-7-21)23(17-38-29)16-25(36)34-13-11-33(4)12-14-34/h5-10,15,17,27H,11-14,16H2,1-4H3,(H,32,37). The van der Waals surface area contributed by atoms with Crippen molar-refractivity contribution in [3.63, 3.8) is 0 Å². The minimum absolute atomic E-state index is 0.0913. The van der Waals surface area contributed by atoms with Crippen LogP contribution in [-0.2, 0) is 9.59 Å². The molecule has 1 fully saturated rings. The minimum Gasteiger partial charge on any atom is -0.340 e. The van der Waals surface area contributed by atoms with Crippen molar-refractivity contribution in [2.24, 2.45) is 4.99 Å². The Bertz CT molecular complexity index is 1360. The highest BCUT2D eigenvalue weighted by atomic mass is 35.5. The topological polar surface area (TPSA) is 68.2 Å². The van der Waals surface area contributed by atoms with Gasteiger partial charge in [-0.3, -0.25) is 9.59 Å². The molecule has 1 saturated heterocycles. The maximum Gasteiger partial charge on any atom is 0.255 e. The molecule has 2 aromatic rings. The number of nitrogens with zero attached hydrogens (tertiary/aromatic N) is 4. The molecule has 3 aliphatic rings. The van der Waals surface area contributed by atoms with Gasteiger partial charge in [-0.2, -0.15) is 0 Å². The molecule has 1 atom stereocenters. The molecule has 0 bridgehead atoms. The predicted octanol–water partition coefficient (Wildman–Crippen LogP) is 5.33. The zero-order chi connectivity index (χ0) is 27.0. The molecule has 1 N–H and O–H groups in total. The maximum absolute atomic E-state index is 13.9. The van der Waals surface area contributed by atoms with E-state index in [1.54, 1.807) is 0 Å². The van der Waals surface area contributed by atoms with Crippen LogP contribution < -0.4 is 5.32 Å². The molecule has 2 amide bonds. The van der Waals surface area contributed by atoms with Crippen LogP contribution in [0.15, 0.2) is 69.8 Å². The van der Waals surface area contributed by atoms with Gasteiger partial charge in [0.15, 0.2) is 5.17 Å². The van der Waals surface area contributed by atoms with Gasteiger partial charge in [0.2, 0.25) is 5.91 Å². The average molecular weight is 550 g/mol. The van der Waals surface area contributed by atoms with Crippen LogP contribution in [-0.4, -0.2) is 64.9 Å². The smallest absolute Gasteiger partial charge is 0.255 e. The lowest BCUT2D eigenvalue weighted by atomic mass is 9.93. The number of piperazine rings is 1. The quantitative estimate of drug-likeness (QED) is 0.545. The summed E-state index contributed by atoms with van der Waals surface area (Å²) in [5.41, 5.74) is 5.87. The van der Waals surface area contributed by atoms with Gasteiger partial charge in [-0.15, -0.1) is 0 Å². The first-order chi connectivity index (χ1) is 18.2. The summed E-state index contributed by atoms with van der Waals surface area (Å²) in [7, 11) is 2.07. The van der Waals surface area contributed by atoms with E-state index in [4.69, 9.17) is 16.6 Å². The molecule has 1 unspecified atom stereocenters. The Balaban J connectivity index is 1.48. The molecule has 38 heavy (non-hydrogen) atoms. The highest BCUT2D eigenvalue weighted by Crippen LogP contribution is 2.45. The number of anilines is 1. The summed E-state index contributed by atoms with van der Waals surface area (Å²) in [6.45, 7) is 9.07. The van der Waals surface area contributed by atoms with E-state index in [1.807, 2.05) is 78.4 Å². The molecular weight excluding hydrogens is 518 g/mol. The lowest BCUT2D eigenvalue weighted by Gasteiger charge is -2.37. The number of carbonyl (C=O) groups is 2. The van der Waals surface area contributed by atoms with E-state index in [9.17, 15) is 9.59 Å². The molecule has 0 aliphatic carbocycles. The zero-order valence-electron chi connectivity index (χ0n) is 22.1. The fourth-order valence-electron chi connectivity index (χ4n) is 5.09. The lowest BCUT2D eigenvalue weighted by Crippen LogP contribution is -2.47. The Kier molecular flexibility index (Phi) is 7.66. The minimum atomic E-state index is -0.438. The summed E-state index contributed by atoms with van der Waals surface area (Å²) in [6, 6.07) is 13.1. The predicted molar refractivity (Wildman–Crippen MR) is 155 cm³/mol. The van der Waals surface area contributed by atoms with Crippen molar-refractivity contribution in [3.8, 4) is 0 Å². The van der Waals surface area contributed by atoms with Crippen molar-refractivity contribution in [1.29, 1.82) is 0 Å². The fraction of sp³-hybridized carbons (Fsp3) is 0.345. The van der Waals surface area contributed by atoms with E-state index in [-0.39, 0.29) is 18.2 Å². The van der Waals surface area contributed by atoms with Crippen molar-refractivity contribution >= 4 is 46.0 Å². The van der Waals surface area contributed by atoms with Gasteiger partial charge in [0.25, 0.3) is 5.91 Å². The van der Waals surface area contributed by atoms with Gasteiger partial charge in [-0.05, 0) is 62.6 Å². The third-order valence-corrected chi connectivity index (χ3v) is 8.39. The largest absolute Gasteiger partial charge is 0.340 e. The van der Waals surface area contributed by atoms with Crippen LogP contribution in [0.3, 0.4) is 0 Å². The zero-order valence-corrected chi connectivity index (χ0v) is 23.7. The number of halogens is 1. The highest BCUT2D eigenvalue weighted by molar-refractivity contribution is 8.16. The van der Waals surface area contributed by atoms with E-state index >= 15 is 0 Å². The maximum atomic E-state index is 13.9. The number of rotatable bonds is 5. The number of amidine groups is 1. The summed E-state index contributed by atoms with van der Waals surface area (Å²) in [5, 5.41) is 6.50. The number of hydrogen-bond acceptors (Lipinski definition) is 6. The van der Waals surface area contributed by atoms with Crippen molar-refractivity contribution < 1.29 is 9.59 Å². The summed E-state index contributed by atoms with van der Waals surface area (Å²) in [4.78, 5) is 38.2. The second kappa shape index (κ2) is 11.0. The summed E-state index contributed by atoms with van der Waals surface area (Å²) < 4.78 is 0. The normalized spacial score (nSPS) is 19.8. The Labute approximate surface area is 233 Å². The average Bonchev–Trinajstić information content (AvgIpc) is 3.27. The number of fused-ring (bicyclic) bond motifs is 1. The molecule has 2 aromatic carbocycles. The number of nitrogens with one attached hydrogen (secondary N) is 1. The molecule has 0 radical (unpaired) electrons. The van der Waals surface area contributed by atoms with E-state index < -0.39 is 6.04 Å². The first-order valence-corrected chi connectivity index (χ1v) is 14.0. The molecule has 3 aliphatic heterocycles. The summed E-state index contributed by atoms with van der Waals surface area (Å²) >= 11 is 7.72. The lowest BCUT2D eigenvalue weighted by molar-refractivity contribution is -0.132. The van der Waals surface area contributed by atoms with Crippen LogP contribution in [0.1, 0.15) is 36.1 Å². The monoisotopic (exact) mass is 549 g/mol. The molecule has 0 aromatic heterocycles. The van der Waals surface area contributed by atoms with Gasteiger partial charge in [-0.25, -0.2) is 4.99 Å². The van der Waals surface area contributed by atoms with Crippen LogP contribution in [0.2, 0.25) is 5.02 Å². The van der Waals surface area contributed by atoms with Crippen LogP contribution in [0, 0.1) is 13.8 Å². The third kappa shape index (κ3) is 5.39. The molecule has 3 heterocycles. The number of benzene rings is 2. The Morgan fingerprint density at radius 3 is 2.45 bits per heavy atom. The van der Waals surface area contributed by atoms with Crippen LogP contribution in [0.4, 0.5) is 5.69 Å². The Morgan fingerprint density at radius 2 is 1.76 bits per heavy atom. The first kappa shape index (κ1) is 26.5. The van der Waals surface area contributed by atoms with E-state index in [0.29, 0.717) is 16.3 Å². The van der Waals surface area contributed by atoms with Gasteiger partial charge in [0.05, 0.1) is 23.7 Å².